The maximum atomic E-state index is 14.7. The number of rotatable bonds is 11. The molecule has 2 aromatic carbocycles. The van der Waals surface area contributed by atoms with E-state index >= 15 is 0 Å². The Bertz CT molecular complexity index is 1240. The van der Waals surface area contributed by atoms with Crippen LogP contribution in [0.5, 0.6) is 17.2 Å². The Balaban J connectivity index is 1.43. The van der Waals surface area contributed by atoms with Gasteiger partial charge in [-0.15, -0.1) is 0 Å². The molecule has 1 aromatic heterocycles. The van der Waals surface area contributed by atoms with E-state index in [9.17, 15) is 14.3 Å². The molecule has 0 bridgehead atoms. The number of anilines is 4. The number of halogens is 1. The highest BCUT2D eigenvalue weighted by molar-refractivity contribution is 5.95. The zero-order valence-electron chi connectivity index (χ0n) is 21.5. The number of aromatic nitrogens is 2. The topological polar surface area (TPSA) is 109 Å². The summed E-state index contributed by atoms with van der Waals surface area (Å²) in [4.78, 5) is 24.0. The number of benzene rings is 2. The fraction of sp³-hybridized carbons (Fsp3) is 0.370. The third-order valence-electron chi connectivity index (χ3n) is 6.20. The van der Waals surface area contributed by atoms with E-state index in [2.05, 4.69) is 20.2 Å². The van der Waals surface area contributed by atoms with E-state index in [-0.39, 0.29) is 29.0 Å². The summed E-state index contributed by atoms with van der Waals surface area (Å²) in [6, 6.07) is 10.7. The average molecular weight is 526 g/mol. The number of carboxylic acid groups (broad SMARTS) is 1. The summed E-state index contributed by atoms with van der Waals surface area (Å²) in [5.41, 5.74) is 0.641. The molecule has 0 radical (unpaired) electrons. The molecule has 0 spiro atoms. The fourth-order valence-electron chi connectivity index (χ4n) is 4.31. The Morgan fingerprint density at radius 3 is 2.61 bits per heavy atom. The van der Waals surface area contributed by atoms with Crippen LogP contribution in [-0.2, 0) is 0 Å². The van der Waals surface area contributed by atoms with Crippen molar-refractivity contribution in [2.45, 2.75) is 25.7 Å². The lowest BCUT2D eigenvalue weighted by Gasteiger charge is -2.26. The van der Waals surface area contributed by atoms with Gasteiger partial charge in [-0.1, -0.05) is 6.42 Å². The first-order chi connectivity index (χ1) is 18.5. The molecule has 1 aliphatic heterocycles. The van der Waals surface area contributed by atoms with Crippen molar-refractivity contribution in [2.75, 3.05) is 50.7 Å². The Morgan fingerprint density at radius 1 is 1.08 bits per heavy atom. The van der Waals surface area contributed by atoms with Crippen LogP contribution in [0.1, 0.15) is 25.7 Å². The van der Waals surface area contributed by atoms with E-state index in [4.69, 9.17) is 14.2 Å². The molecule has 1 fully saturated rings. The minimum absolute atomic E-state index is 0.0765. The molecule has 10 nitrogen and oxygen atoms in total. The standard InChI is InChI=1S/C27H32FN5O5/c1-36-20-8-9-22(24(18-20)37-2)33(27(34)35)25-11-12-29-26(31-25)30-19-7-10-23(21(28)17-19)38-16-6-15-32-13-4-3-5-14-32/h7-12,17-18H,3-6,13-16H2,1-2H3,(H,34,35)(H,29,30,31). The first kappa shape index (κ1) is 26.9. The molecule has 4 rings (SSSR count). The summed E-state index contributed by atoms with van der Waals surface area (Å²) in [5, 5.41) is 12.8. The minimum Gasteiger partial charge on any atom is -0.497 e. The molecule has 38 heavy (non-hydrogen) atoms. The molecule has 11 heteroatoms. The molecule has 2 N–H and O–H groups in total. The van der Waals surface area contributed by atoms with E-state index in [1.165, 1.54) is 51.8 Å². The van der Waals surface area contributed by atoms with Gasteiger partial charge < -0.3 is 29.5 Å². The highest BCUT2D eigenvalue weighted by atomic mass is 19.1. The summed E-state index contributed by atoms with van der Waals surface area (Å²) in [6.07, 6.45) is 4.74. The van der Waals surface area contributed by atoms with E-state index in [0.717, 1.165) is 31.0 Å². The Labute approximate surface area is 221 Å². The molecule has 1 aliphatic rings. The first-order valence-electron chi connectivity index (χ1n) is 12.5. The number of nitrogens with zero attached hydrogens (tertiary/aromatic N) is 4. The van der Waals surface area contributed by atoms with Crippen LogP contribution < -0.4 is 24.4 Å². The number of piperidine rings is 1. The molecule has 202 valence electrons. The van der Waals surface area contributed by atoms with E-state index in [0.29, 0.717) is 18.0 Å². The number of amides is 1. The Hall–Kier alpha value is -4.12. The zero-order valence-corrected chi connectivity index (χ0v) is 21.5. The van der Waals surface area contributed by atoms with E-state index in [1.807, 2.05) is 0 Å². The van der Waals surface area contributed by atoms with E-state index in [1.54, 1.807) is 30.3 Å². The predicted octanol–water partition coefficient (Wildman–Crippen LogP) is 5.45. The average Bonchev–Trinajstić information content (AvgIpc) is 2.93. The summed E-state index contributed by atoms with van der Waals surface area (Å²) >= 11 is 0. The summed E-state index contributed by atoms with van der Waals surface area (Å²) < 4.78 is 30.9. The number of likely N-dealkylation sites (tertiary alicyclic amines) is 1. The van der Waals surface area contributed by atoms with Gasteiger partial charge >= 0.3 is 6.09 Å². The maximum Gasteiger partial charge on any atom is 0.417 e. The summed E-state index contributed by atoms with van der Waals surface area (Å²) in [6.45, 7) is 3.63. The van der Waals surface area contributed by atoms with Crippen LogP contribution in [0, 0.1) is 5.82 Å². The number of methoxy groups -OCH3 is 2. The molecule has 0 saturated carbocycles. The van der Waals surface area contributed by atoms with Gasteiger partial charge in [0, 0.05) is 36.6 Å². The monoisotopic (exact) mass is 525 g/mol. The van der Waals surface area contributed by atoms with Crippen LogP contribution >= 0.6 is 0 Å². The van der Waals surface area contributed by atoms with Crippen LogP contribution in [0.2, 0.25) is 0 Å². The van der Waals surface area contributed by atoms with E-state index < -0.39 is 11.9 Å². The molecular weight excluding hydrogens is 493 g/mol. The quantitative estimate of drug-likeness (QED) is 0.316. The van der Waals surface area contributed by atoms with Crippen molar-refractivity contribution in [3.63, 3.8) is 0 Å². The van der Waals surface area contributed by atoms with Crippen LogP contribution in [0.15, 0.2) is 48.7 Å². The lowest BCUT2D eigenvalue weighted by Crippen LogP contribution is -2.31. The smallest absolute Gasteiger partial charge is 0.417 e. The van der Waals surface area contributed by atoms with Gasteiger partial charge in [-0.05, 0) is 56.6 Å². The molecule has 1 amide bonds. The molecule has 3 aromatic rings. The maximum absolute atomic E-state index is 14.7. The number of ether oxygens (including phenoxy) is 3. The van der Waals surface area contributed by atoms with Gasteiger partial charge in [-0.2, -0.15) is 4.98 Å². The molecule has 0 aliphatic carbocycles. The van der Waals surface area contributed by atoms with Crippen molar-refractivity contribution in [3.05, 3.63) is 54.5 Å². The van der Waals surface area contributed by atoms with Crippen LogP contribution in [-0.4, -0.2) is 66.5 Å². The Kier molecular flexibility index (Phi) is 9.15. The largest absolute Gasteiger partial charge is 0.497 e. The number of nitrogens with one attached hydrogen (secondary N) is 1. The number of carbonyl (C=O) groups is 1. The van der Waals surface area contributed by atoms with Gasteiger partial charge in [0.25, 0.3) is 0 Å². The minimum atomic E-state index is -1.27. The number of hydrogen-bond donors (Lipinski definition) is 2. The van der Waals surface area contributed by atoms with Gasteiger partial charge in [0.15, 0.2) is 11.6 Å². The summed E-state index contributed by atoms with van der Waals surface area (Å²) in [7, 11) is 2.94. The molecule has 0 atom stereocenters. The van der Waals surface area contributed by atoms with Gasteiger partial charge in [0.2, 0.25) is 5.95 Å². The third kappa shape index (κ3) is 6.80. The second kappa shape index (κ2) is 12.9. The van der Waals surface area contributed by atoms with Crippen molar-refractivity contribution in [3.8, 4) is 17.2 Å². The highest BCUT2D eigenvalue weighted by Crippen LogP contribution is 2.36. The molecular formula is C27H32FN5O5. The normalized spacial score (nSPS) is 13.6. The molecule has 0 unspecified atom stereocenters. The van der Waals surface area contributed by atoms with Crippen molar-refractivity contribution < 1.29 is 28.5 Å². The van der Waals surface area contributed by atoms with Crippen molar-refractivity contribution in [1.29, 1.82) is 0 Å². The van der Waals surface area contributed by atoms with Crippen molar-refractivity contribution in [2.24, 2.45) is 0 Å². The van der Waals surface area contributed by atoms with Crippen LogP contribution in [0.3, 0.4) is 0 Å². The fourth-order valence-corrected chi connectivity index (χ4v) is 4.31. The predicted molar refractivity (Wildman–Crippen MR) is 142 cm³/mol. The summed E-state index contributed by atoms with van der Waals surface area (Å²) in [5.74, 6) is 0.626. The first-order valence-corrected chi connectivity index (χ1v) is 12.5. The lowest BCUT2D eigenvalue weighted by atomic mass is 10.1. The second-order valence-electron chi connectivity index (χ2n) is 8.77. The molecule has 1 saturated heterocycles. The third-order valence-corrected chi connectivity index (χ3v) is 6.20. The van der Waals surface area contributed by atoms with Gasteiger partial charge in [-0.3, -0.25) is 0 Å². The Morgan fingerprint density at radius 2 is 1.89 bits per heavy atom. The van der Waals surface area contributed by atoms with Crippen LogP contribution in [0.4, 0.5) is 32.3 Å². The highest BCUT2D eigenvalue weighted by Gasteiger charge is 2.23. The van der Waals surface area contributed by atoms with Gasteiger partial charge in [-0.25, -0.2) is 19.1 Å². The SMILES string of the molecule is COc1ccc(N(C(=O)O)c2ccnc(Nc3ccc(OCCCN4CCCCC4)c(F)c3)n2)c(OC)c1. The zero-order chi connectivity index (χ0) is 26.9. The second-order valence-corrected chi connectivity index (χ2v) is 8.77. The number of hydrogen-bond acceptors (Lipinski definition) is 8. The lowest BCUT2D eigenvalue weighted by molar-refractivity contribution is 0.203. The molecule has 2 heterocycles. The van der Waals surface area contributed by atoms with Crippen LogP contribution in [0.25, 0.3) is 0 Å². The van der Waals surface area contributed by atoms with Crippen molar-refractivity contribution in [1.82, 2.24) is 14.9 Å². The van der Waals surface area contributed by atoms with Gasteiger partial charge in [0.1, 0.15) is 17.3 Å². The van der Waals surface area contributed by atoms with Crippen molar-refractivity contribution >= 4 is 29.2 Å². The van der Waals surface area contributed by atoms with Gasteiger partial charge in [0.05, 0.1) is 26.5 Å².